The maximum atomic E-state index is 5.58. The monoisotopic (exact) mass is 231 g/mol. The number of nitrogens with zero attached hydrogens (tertiary/aromatic N) is 2. The van der Waals surface area contributed by atoms with Crippen LogP contribution in [-0.4, -0.2) is 16.2 Å². The van der Waals surface area contributed by atoms with Crippen molar-refractivity contribution in [1.82, 2.24) is 15.5 Å². The standard InChI is InChI=1S/C13H17N3O/c1-3-10(2)14-9-12-15-16-13(17-12)11-7-5-4-6-8-11/h4-8,10,14H,3,9H2,1-2H3/t10-/m0/s1. The van der Waals surface area contributed by atoms with Crippen LogP contribution in [0, 0.1) is 0 Å². The average molecular weight is 231 g/mol. The topological polar surface area (TPSA) is 51.0 Å². The molecule has 17 heavy (non-hydrogen) atoms. The molecular weight excluding hydrogens is 214 g/mol. The molecule has 0 amide bonds. The fraction of sp³-hybridized carbons (Fsp3) is 0.385. The van der Waals surface area contributed by atoms with Crippen LogP contribution in [0.1, 0.15) is 26.2 Å². The van der Waals surface area contributed by atoms with Gasteiger partial charge >= 0.3 is 0 Å². The Hall–Kier alpha value is -1.68. The van der Waals surface area contributed by atoms with Gasteiger partial charge in [0.25, 0.3) is 0 Å². The first-order valence-corrected chi connectivity index (χ1v) is 5.90. The molecule has 0 fully saturated rings. The molecule has 0 unspecified atom stereocenters. The number of nitrogens with one attached hydrogen (secondary N) is 1. The van der Waals surface area contributed by atoms with Crippen LogP contribution in [0.15, 0.2) is 34.7 Å². The normalized spacial score (nSPS) is 12.6. The molecule has 1 heterocycles. The molecule has 4 nitrogen and oxygen atoms in total. The predicted octanol–water partition coefficient (Wildman–Crippen LogP) is 2.62. The van der Waals surface area contributed by atoms with Gasteiger partial charge in [0, 0.05) is 11.6 Å². The highest BCUT2D eigenvalue weighted by atomic mass is 16.4. The molecule has 0 aliphatic rings. The van der Waals surface area contributed by atoms with Crippen molar-refractivity contribution >= 4 is 0 Å². The van der Waals surface area contributed by atoms with Crippen molar-refractivity contribution in [2.75, 3.05) is 0 Å². The summed E-state index contributed by atoms with van der Waals surface area (Å²) >= 11 is 0. The van der Waals surface area contributed by atoms with Gasteiger partial charge in [-0.25, -0.2) is 0 Å². The number of aromatic nitrogens is 2. The zero-order chi connectivity index (χ0) is 12.1. The minimum atomic E-state index is 0.460. The van der Waals surface area contributed by atoms with E-state index in [1.165, 1.54) is 0 Å². The molecule has 0 saturated heterocycles. The van der Waals surface area contributed by atoms with E-state index in [2.05, 4.69) is 29.4 Å². The number of hydrogen-bond donors (Lipinski definition) is 1. The Labute approximate surface area is 101 Å². The van der Waals surface area contributed by atoms with Gasteiger partial charge in [-0.05, 0) is 25.5 Å². The summed E-state index contributed by atoms with van der Waals surface area (Å²) in [4.78, 5) is 0. The Balaban J connectivity index is 2.01. The van der Waals surface area contributed by atoms with Gasteiger partial charge in [-0.15, -0.1) is 10.2 Å². The first-order chi connectivity index (χ1) is 8.29. The summed E-state index contributed by atoms with van der Waals surface area (Å²) in [6.45, 7) is 4.89. The maximum Gasteiger partial charge on any atom is 0.247 e. The van der Waals surface area contributed by atoms with Gasteiger partial charge in [-0.3, -0.25) is 0 Å². The van der Waals surface area contributed by atoms with E-state index in [1.54, 1.807) is 0 Å². The lowest BCUT2D eigenvalue weighted by atomic mass is 10.2. The number of benzene rings is 1. The Bertz CT molecular complexity index is 453. The molecule has 0 aliphatic carbocycles. The lowest BCUT2D eigenvalue weighted by Crippen LogP contribution is -2.24. The predicted molar refractivity (Wildman–Crippen MR) is 66.3 cm³/mol. The Morgan fingerprint density at radius 1 is 1.24 bits per heavy atom. The minimum Gasteiger partial charge on any atom is -0.419 e. The van der Waals surface area contributed by atoms with Crippen LogP contribution in [0.3, 0.4) is 0 Å². The van der Waals surface area contributed by atoms with E-state index in [0.29, 0.717) is 24.4 Å². The zero-order valence-corrected chi connectivity index (χ0v) is 10.2. The summed E-state index contributed by atoms with van der Waals surface area (Å²) in [5, 5.41) is 11.4. The third-order valence-corrected chi connectivity index (χ3v) is 2.70. The molecule has 1 aromatic carbocycles. The highest BCUT2D eigenvalue weighted by Crippen LogP contribution is 2.16. The van der Waals surface area contributed by atoms with Crippen LogP contribution in [0.25, 0.3) is 11.5 Å². The van der Waals surface area contributed by atoms with E-state index in [0.717, 1.165) is 12.0 Å². The molecule has 1 N–H and O–H groups in total. The van der Waals surface area contributed by atoms with Crippen molar-refractivity contribution < 1.29 is 4.42 Å². The molecule has 1 atom stereocenters. The quantitative estimate of drug-likeness (QED) is 0.859. The highest BCUT2D eigenvalue weighted by molar-refractivity contribution is 5.51. The second-order valence-electron chi connectivity index (χ2n) is 4.06. The van der Waals surface area contributed by atoms with E-state index >= 15 is 0 Å². The first-order valence-electron chi connectivity index (χ1n) is 5.90. The fourth-order valence-corrected chi connectivity index (χ4v) is 1.43. The molecule has 1 aromatic heterocycles. The second-order valence-corrected chi connectivity index (χ2v) is 4.06. The van der Waals surface area contributed by atoms with Gasteiger partial charge in [0.1, 0.15) is 0 Å². The largest absolute Gasteiger partial charge is 0.419 e. The SMILES string of the molecule is CC[C@H](C)NCc1nnc(-c2ccccc2)o1. The van der Waals surface area contributed by atoms with Crippen molar-refractivity contribution in [1.29, 1.82) is 0 Å². The smallest absolute Gasteiger partial charge is 0.247 e. The lowest BCUT2D eigenvalue weighted by molar-refractivity contribution is 0.444. The van der Waals surface area contributed by atoms with Crippen molar-refractivity contribution in [2.45, 2.75) is 32.9 Å². The molecular formula is C13H17N3O. The summed E-state index contributed by atoms with van der Waals surface area (Å²) in [5.41, 5.74) is 0.954. The van der Waals surface area contributed by atoms with Gasteiger partial charge in [-0.2, -0.15) is 0 Å². The van der Waals surface area contributed by atoms with Crippen molar-refractivity contribution in [2.24, 2.45) is 0 Å². The molecule has 0 radical (unpaired) electrons. The van der Waals surface area contributed by atoms with E-state index in [1.807, 2.05) is 30.3 Å². The lowest BCUT2D eigenvalue weighted by Gasteiger charge is -2.07. The summed E-state index contributed by atoms with van der Waals surface area (Å²) in [6, 6.07) is 10.2. The van der Waals surface area contributed by atoms with Gasteiger partial charge in [-0.1, -0.05) is 25.1 Å². The van der Waals surface area contributed by atoms with Gasteiger partial charge in [0.2, 0.25) is 11.8 Å². The van der Waals surface area contributed by atoms with Crippen LogP contribution in [0.5, 0.6) is 0 Å². The van der Waals surface area contributed by atoms with Crippen molar-refractivity contribution in [3.8, 4) is 11.5 Å². The maximum absolute atomic E-state index is 5.58. The van der Waals surface area contributed by atoms with Gasteiger partial charge < -0.3 is 9.73 Å². The third kappa shape index (κ3) is 3.14. The van der Waals surface area contributed by atoms with Gasteiger partial charge in [0.15, 0.2) is 0 Å². The Morgan fingerprint density at radius 2 is 2.00 bits per heavy atom. The molecule has 0 spiro atoms. The molecule has 2 aromatic rings. The highest BCUT2D eigenvalue weighted by Gasteiger charge is 2.08. The van der Waals surface area contributed by atoms with Crippen LogP contribution in [0.4, 0.5) is 0 Å². The number of hydrogen-bond acceptors (Lipinski definition) is 4. The van der Waals surface area contributed by atoms with Crippen molar-refractivity contribution in [3.63, 3.8) is 0 Å². The van der Waals surface area contributed by atoms with Crippen LogP contribution < -0.4 is 5.32 Å². The second kappa shape index (κ2) is 5.59. The fourth-order valence-electron chi connectivity index (χ4n) is 1.43. The zero-order valence-electron chi connectivity index (χ0n) is 10.2. The van der Waals surface area contributed by atoms with E-state index in [-0.39, 0.29) is 0 Å². The summed E-state index contributed by atoms with van der Waals surface area (Å²) in [6.07, 6.45) is 1.08. The number of rotatable bonds is 5. The van der Waals surface area contributed by atoms with Crippen LogP contribution >= 0.6 is 0 Å². The minimum absolute atomic E-state index is 0.460. The van der Waals surface area contributed by atoms with Crippen LogP contribution in [0.2, 0.25) is 0 Å². The molecule has 0 bridgehead atoms. The summed E-state index contributed by atoms with van der Waals surface area (Å²) < 4.78 is 5.58. The Morgan fingerprint density at radius 3 is 2.71 bits per heavy atom. The van der Waals surface area contributed by atoms with E-state index < -0.39 is 0 Å². The Kier molecular flexibility index (Phi) is 3.88. The summed E-state index contributed by atoms with van der Waals surface area (Å²) in [5.74, 6) is 1.20. The summed E-state index contributed by atoms with van der Waals surface area (Å²) in [7, 11) is 0. The van der Waals surface area contributed by atoms with Crippen molar-refractivity contribution in [3.05, 3.63) is 36.2 Å². The molecule has 2 rings (SSSR count). The first kappa shape index (κ1) is 11.8. The molecule has 0 saturated carbocycles. The third-order valence-electron chi connectivity index (χ3n) is 2.70. The van der Waals surface area contributed by atoms with E-state index in [4.69, 9.17) is 4.42 Å². The van der Waals surface area contributed by atoms with Crippen LogP contribution in [-0.2, 0) is 6.54 Å². The molecule has 0 aliphatic heterocycles. The average Bonchev–Trinajstić information content (AvgIpc) is 2.86. The van der Waals surface area contributed by atoms with E-state index in [9.17, 15) is 0 Å². The van der Waals surface area contributed by atoms with Gasteiger partial charge in [0.05, 0.1) is 6.54 Å². The molecule has 90 valence electrons. The molecule has 4 heteroatoms.